The molecule has 21 heavy (non-hydrogen) atoms. The summed E-state index contributed by atoms with van der Waals surface area (Å²) < 4.78 is 0. The zero-order chi connectivity index (χ0) is 15.7. The molecule has 1 amide bonds. The molecule has 4 nitrogen and oxygen atoms in total. The fraction of sp³-hybridized carbons (Fsp3) is 0.471. The lowest BCUT2D eigenvalue weighted by Gasteiger charge is -2.18. The van der Waals surface area contributed by atoms with Crippen molar-refractivity contribution in [1.29, 1.82) is 0 Å². The third-order valence-corrected chi connectivity index (χ3v) is 3.05. The van der Waals surface area contributed by atoms with Crippen LogP contribution in [0, 0.1) is 11.8 Å². The third-order valence-electron chi connectivity index (χ3n) is 3.05. The van der Waals surface area contributed by atoms with Crippen molar-refractivity contribution in [2.75, 3.05) is 40.8 Å². The maximum Gasteiger partial charge on any atom is 0.253 e. The van der Waals surface area contributed by atoms with Crippen molar-refractivity contribution in [3.63, 3.8) is 0 Å². The van der Waals surface area contributed by atoms with E-state index in [2.05, 4.69) is 16.7 Å². The number of aliphatic hydroxyl groups is 1. The van der Waals surface area contributed by atoms with E-state index >= 15 is 0 Å². The molecule has 0 saturated heterocycles. The van der Waals surface area contributed by atoms with E-state index in [0.717, 1.165) is 25.1 Å². The number of carbonyl (C=O) groups is 1. The Morgan fingerprint density at radius 1 is 1.14 bits per heavy atom. The first-order valence-electron chi connectivity index (χ1n) is 7.14. The zero-order valence-corrected chi connectivity index (χ0v) is 13.1. The van der Waals surface area contributed by atoms with Crippen molar-refractivity contribution in [2.24, 2.45) is 0 Å². The summed E-state index contributed by atoms with van der Waals surface area (Å²) in [5.41, 5.74) is 1.53. The van der Waals surface area contributed by atoms with Crippen molar-refractivity contribution >= 4 is 5.91 Å². The number of aliphatic hydroxyl groups excluding tert-OH is 1. The SMILES string of the molecule is CN(C)CCCN(C)C(=O)c1ccc(C#CCCO)cc1. The van der Waals surface area contributed by atoms with Gasteiger partial charge in [-0.3, -0.25) is 4.79 Å². The highest BCUT2D eigenvalue weighted by Crippen LogP contribution is 2.07. The Morgan fingerprint density at radius 3 is 2.38 bits per heavy atom. The lowest BCUT2D eigenvalue weighted by molar-refractivity contribution is 0.0790. The number of carbonyl (C=O) groups excluding carboxylic acids is 1. The summed E-state index contributed by atoms with van der Waals surface area (Å²) in [4.78, 5) is 16.1. The smallest absolute Gasteiger partial charge is 0.253 e. The van der Waals surface area contributed by atoms with Crippen LogP contribution in [-0.2, 0) is 0 Å². The van der Waals surface area contributed by atoms with Gasteiger partial charge in [-0.2, -0.15) is 0 Å². The van der Waals surface area contributed by atoms with E-state index in [9.17, 15) is 4.79 Å². The van der Waals surface area contributed by atoms with Crippen molar-refractivity contribution < 1.29 is 9.90 Å². The van der Waals surface area contributed by atoms with Gasteiger partial charge in [0.2, 0.25) is 0 Å². The summed E-state index contributed by atoms with van der Waals surface area (Å²) in [7, 11) is 5.88. The zero-order valence-electron chi connectivity index (χ0n) is 13.1. The summed E-state index contributed by atoms with van der Waals surface area (Å²) in [6.45, 7) is 1.79. The Labute approximate surface area is 127 Å². The Bertz CT molecular complexity index is 498. The van der Waals surface area contributed by atoms with Gasteiger partial charge in [-0.1, -0.05) is 11.8 Å². The Morgan fingerprint density at radius 2 is 1.81 bits per heavy atom. The molecule has 0 bridgehead atoms. The van der Waals surface area contributed by atoms with Gasteiger partial charge >= 0.3 is 0 Å². The van der Waals surface area contributed by atoms with Crippen LogP contribution in [-0.4, -0.2) is 61.7 Å². The molecule has 0 aromatic heterocycles. The second-order valence-corrected chi connectivity index (χ2v) is 5.24. The van der Waals surface area contributed by atoms with Crippen molar-refractivity contribution in [1.82, 2.24) is 9.80 Å². The predicted octanol–water partition coefficient (Wildman–Crippen LogP) is 1.44. The van der Waals surface area contributed by atoms with E-state index in [0.29, 0.717) is 12.0 Å². The van der Waals surface area contributed by atoms with E-state index in [-0.39, 0.29) is 12.5 Å². The molecule has 4 heteroatoms. The highest BCUT2D eigenvalue weighted by atomic mass is 16.2. The second-order valence-electron chi connectivity index (χ2n) is 5.24. The molecule has 0 spiro atoms. The topological polar surface area (TPSA) is 43.8 Å². The number of amides is 1. The lowest BCUT2D eigenvalue weighted by Crippen LogP contribution is -2.29. The van der Waals surface area contributed by atoms with E-state index in [1.54, 1.807) is 17.0 Å². The monoisotopic (exact) mass is 288 g/mol. The average molecular weight is 288 g/mol. The molecule has 1 rings (SSSR count). The molecule has 1 N–H and O–H groups in total. The number of nitrogens with zero attached hydrogens (tertiary/aromatic N) is 2. The summed E-state index contributed by atoms with van der Waals surface area (Å²) in [6, 6.07) is 7.28. The summed E-state index contributed by atoms with van der Waals surface area (Å²) in [5.74, 6) is 5.84. The Kier molecular flexibility index (Phi) is 7.52. The Hall–Kier alpha value is -1.83. The van der Waals surface area contributed by atoms with Crippen LogP contribution in [0.1, 0.15) is 28.8 Å². The fourth-order valence-electron chi connectivity index (χ4n) is 1.86. The van der Waals surface area contributed by atoms with Crippen LogP contribution < -0.4 is 0 Å². The van der Waals surface area contributed by atoms with Gasteiger partial charge in [0, 0.05) is 31.1 Å². The normalized spacial score (nSPS) is 10.1. The molecule has 0 fully saturated rings. The first-order valence-corrected chi connectivity index (χ1v) is 7.14. The first kappa shape index (κ1) is 17.2. The number of hydrogen-bond acceptors (Lipinski definition) is 3. The third kappa shape index (κ3) is 6.44. The highest BCUT2D eigenvalue weighted by Gasteiger charge is 2.10. The molecule has 0 aliphatic carbocycles. The molecule has 1 aromatic carbocycles. The molecule has 0 aliphatic heterocycles. The first-order chi connectivity index (χ1) is 10.0. The van der Waals surface area contributed by atoms with Crippen molar-refractivity contribution in [2.45, 2.75) is 12.8 Å². The van der Waals surface area contributed by atoms with Gasteiger partial charge in [-0.25, -0.2) is 0 Å². The van der Waals surface area contributed by atoms with Crippen molar-refractivity contribution in [3.05, 3.63) is 35.4 Å². The summed E-state index contributed by atoms with van der Waals surface area (Å²) >= 11 is 0. The van der Waals surface area contributed by atoms with Gasteiger partial charge in [0.25, 0.3) is 5.91 Å². The second kappa shape index (κ2) is 9.17. The van der Waals surface area contributed by atoms with Gasteiger partial charge in [0.1, 0.15) is 0 Å². The van der Waals surface area contributed by atoms with Gasteiger partial charge in [-0.15, -0.1) is 0 Å². The minimum Gasteiger partial charge on any atom is -0.395 e. The van der Waals surface area contributed by atoms with E-state index in [1.807, 2.05) is 33.3 Å². The predicted molar refractivity (Wildman–Crippen MR) is 85.2 cm³/mol. The number of hydrogen-bond donors (Lipinski definition) is 1. The summed E-state index contributed by atoms with van der Waals surface area (Å²) in [6.07, 6.45) is 1.43. The van der Waals surface area contributed by atoms with Gasteiger partial charge in [0.05, 0.1) is 6.61 Å². The maximum atomic E-state index is 12.2. The minimum absolute atomic E-state index is 0.0311. The molecular formula is C17H24N2O2. The molecule has 0 aliphatic rings. The summed E-state index contributed by atoms with van der Waals surface area (Å²) in [5, 5.41) is 8.67. The van der Waals surface area contributed by atoms with E-state index in [4.69, 9.17) is 5.11 Å². The van der Waals surface area contributed by atoms with Crippen LogP contribution in [0.3, 0.4) is 0 Å². The average Bonchev–Trinajstić information content (AvgIpc) is 2.47. The van der Waals surface area contributed by atoms with E-state index < -0.39 is 0 Å². The highest BCUT2D eigenvalue weighted by molar-refractivity contribution is 5.94. The van der Waals surface area contributed by atoms with Gasteiger partial charge in [0.15, 0.2) is 0 Å². The molecule has 0 saturated carbocycles. The molecule has 0 radical (unpaired) electrons. The molecular weight excluding hydrogens is 264 g/mol. The van der Waals surface area contributed by atoms with Crippen LogP contribution in [0.5, 0.6) is 0 Å². The molecule has 0 heterocycles. The molecule has 1 aromatic rings. The van der Waals surface area contributed by atoms with Crippen LogP contribution in [0.15, 0.2) is 24.3 Å². The van der Waals surface area contributed by atoms with Gasteiger partial charge in [-0.05, 0) is 51.3 Å². The minimum atomic E-state index is 0.0311. The molecule has 114 valence electrons. The van der Waals surface area contributed by atoms with Crippen molar-refractivity contribution in [3.8, 4) is 11.8 Å². The number of benzene rings is 1. The van der Waals surface area contributed by atoms with Gasteiger partial charge < -0.3 is 14.9 Å². The van der Waals surface area contributed by atoms with E-state index in [1.165, 1.54) is 0 Å². The molecule has 0 unspecified atom stereocenters. The Balaban J connectivity index is 2.56. The van der Waals surface area contributed by atoms with Crippen LogP contribution in [0.2, 0.25) is 0 Å². The number of rotatable bonds is 6. The molecule has 0 atom stereocenters. The largest absolute Gasteiger partial charge is 0.395 e. The van der Waals surface area contributed by atoms with Crippen LogP contribution in [0.4, 0.5) is 0 Å². The fourth-order valence-corrected chi connectivity index (χ4v) is 1.86. The quantitative estimate of drug-likeness (QED) is 0.806. The van der Waals surface area contributed by atoms with Crippen LogP contribution in [0.25, 0.3) is 0 Å². The maximum absolute atomic E-state index is 12.2. The van der Waals surface area contributed by atoms with Crippen LogP contribution >= 0.6 is 0 Å². The lowest BCUT2D eigenvalue weighted by atomic mass is 10.1. The standard InChI is InChI=1S/C17H24N2O2/c1-18(2)12-6-13-19(3)17(21)16-10-8-15(9-11-16)7-4-5-14-20/h8-11,20H,5-6,12-14H2,1-3H3.